The van der Waals surface area contributed by atoms with Crippen molar-refractivity contribution in [3.63, 3.8) is 0 Å². The van der Waals surface area contributed by atoms with Crippen molar-refractivity contribution in [2.45, 2.75) is 13.1 Å². The SMILES string of the molecule is Nc1ccccc1-c1ccccc1N1Cc2ccccc2-c2ccccc2C1. The Morgan fingerprint density at radius 1 is 0.500 bits per heavy atom. The second-order valence-electron chi connectivity index (χ2n) is 7.27. The largest absolute Gasteiger partial charge is 0.398 e. The molecule has 0 saturated carbocycles. The highest BCUT2D eigenvalue weighted by Crippen LogP contribution is 2.39. The molecule has 2 heteroatoms. The Hall–Kier alpha value is -3.52. The van der Waals surface area contributed by atoms with Gasteiger partial charge in [-0.15, -0.1) is 0 Å². The molecular formula is C26H22N2. The Kier molecular flexibility index (Phi) is 4.10. The molecule has 1 heterocycles. The van der Waals surface area contributed by atoms with Crippen LogP contribution in [0.25, 0.3) is 22.3 Å². The number of rotatable bonds is 2. The summed E-state index contributed by atoms with van der Waals surface area (Å²) in [4.78, 5) is 2.46. The van der Waals surface area contributed by atoms with Crippen molar-refractivity contribution >= 4 is 11.4 Å². The van der Waals surface area contributed by atoms with E-state index >= 15 is 0 Å². The van der Waals surface area contributed by atoms with E-state index in [0.29, 0.717) is 0 Å². The molecule has 0 bridgehead atoms. The lowest BCUT2D eigenvalue weighted by Crippen LogP contribution is -2.21. The fourth-order valence-electron chi connectivity index (χ4n) is 4.20. The normalized spacial score (nSPS) is 12.8. The first kappa shape index (κ1) is 16.6. The van der Waals surface area contributed by atoms with E-state index in [1.54, 1.807) is 0 Å². The second-order valence-corrected chi connectivity index (χ2v) is 7.27. The minimum atomic E-state index is 0.811. The summed E-state index contributed by atoms with van der Waals surface area (Å²) in [6, 6.07) is 34.2. The minimum absolute atomic E-state index is 0.811. The van der Waals surface area contributed by atoms with Gasteiger partial charge in [0, 0.05) is 35.6 Å². The van der Waals surface area contributed by atoms with Gasteiger partial charge in [0.15, 0.2) is 0 Å². The number of nitrogens with two attached hydrogens (primary N) is 1. The van der Waals surface area contributed by atoms with Crippen molar-refractivity contribution in [2.75, 3.05) is 10.6 Å². The molecule has 1 aliphatic heterocycles. The molecule has 1 aliphatic rings. The molecule has 0 spiro atoms. The molecule has 0 aromatic heterocycles. The molecule has 0 saturated heterocycles. The van der Waals surface area contributed by atoms with Crippen LogP contribution in [0.15, 0.2) is 97.1 Å². The lowest BCUT2D eigenvalue weighted by Gasteiger charge is -2.27. The van der Waals surface area contributed by atoms with E-state index in [1.165, 1.54) is 33.5 Å². The Balaban J connectivity index is 1.68. The number of benzene rings is 4. The summed E-state index contributed by atoms with van der Waals surface area (Å²) in [5.41, 5.74) is 16.0. The van der Waals surface area contributed by atoms with E-state index in [1.807, 2.05) is 12.1 Å². The highest BCUT2D eigenvalue weighted by atomic mass is 15.1. The summed E-state index contributed by atoms with van der Waals surface area (Å²) in [6.45, 7) is 1.74. The standard InChI is InChI=1S/C26H22N2/c27-25-15-7-5-13-23(25)24-14-6-8-16-26(24)28-17-19-9-1-3-11-21(19)22-12-4-2-10-20(22)18-28/h1-16H,17-18,27H2. The molecule has 0 aliphatic carbocycles. The summed E-state index contributed by atoms with van der Waals surface area (Å²) in [5, 5.41) is 0. The summed E-state index contributed by atoms with van der Waals surface area (Å²) < 4.78 is 0. The molecule has 4 aromatic rings. The molecular weight excluding hydrogens is 340 g/mol. The number of para-hydroxylation sites is 2. The molecule has 2 N–H and O–H groups in total. The highest BCUT2D eigenvalue weighted by Gasteiger charge is 2.21. The van der Waals surface area contributed by atoms with Gasteiger partial charge in [0.05, 0.1) is 0 Å². The van der Waals surface area contributed by atoms with Gasteiger partial charge in [0.25, 0.3) is 0 Å². The zero-order chi connectivity index (χ0) is 18.9. The number of hydrogen-bond acceptors (Lipinski definition) is 2. The van der Waals surface area contributed by atoms with E-state index < -0.39 is 0 Å². The van der Waals surface area contributed by atoms with Crippen LogP contribution in [-0.2, 0) is 13.1 Å². The van der Waals surface area contributed by atoms with Crippen LogP contribution in [-0.4, -0.2) is 0 Å². The average Bonchev–Trinajstić information content (AvgIpc) is 2.91. The minimum Gasteiger partial charge on any atom is -0.398 e. The number of nitrogen functional groups attached to an aromatic ring is 1. The Labute approximate surface area is 165 Å². The average molecular weight is 362 g/mol. The number of hydrogen-bond donors (Lipinski definition) is 1. The molecule has 136 valence electrons. The topological polar surface area (TPSA) is 29.3 Å². The van der Waals surface area contributed by atoms with Crippen LogP contribution >= 0.6 is 0 Å². The van der Waals surface area contributed by atoms with Crippen LogP contribution in [0.4, 0.5) is 11.4 Å². The van der Waals surface area contributed by atoms with E-state index in [9.17, 15) is 0 Å². The quantitative estimate of drug-likeness (QED) is 0.435. The highest BCUT2D eigenvalue weighted by molar-refractivity contribution is 5.86. The van der Waals surface area contributed by atoms with E-state index in [0.717, 1.165) is 24.3 Å². The van der Waals surface area contributed by atoms with Crippen molar-refractivity contribution in [3.8, 4) is 22.3 Å². The fourth-order valence-corrected chi connectivity index (χ4v) is 4.20. The predicted molar refractivity (Wildman–Crippen MR) is 118 cm³/mol. The van der Waals surface area contributed by atoms with Gasteiger partial charge in [-0.2, -0.15) is 0 Å². The third-order valence-electron chi connectivity index (χ3n) is 5.54. The van der Waals surface area contributed by atoms with Gasteiger partial charge < -0.3 is 10.6 Å². The van der Waals surface area contributed by atoms with Gasteiger partial charge in [-0.05, 0) is 34.4 Å². The molecule has 0 fully saturated rings. The van der Waals surface area contributed by atoms with Crippen molar-refractivity contribution in [3.05, 3.63) is 108 Å². The maximum Gasteiger partial charge on any atom is 0.0452 e. The summed E-state index contributed by atoms with van der Waals surface area (Å²) >= 11 is 0. The zero-order valence-electron chi connectivity index (χ0n) is 15.7. The fraction of sp³-hybridized carbons (Fsp3) is 0.0769. The molecule has 5 rings (SSSR count). The lowest BCUT2D eigenvalue weighted by molar-refractivity contribution is 0.813. The molecule has 0 radical (unpaired) electrons. The number of nitrogens with zero attached hydrogens (tertiary/aromatic N) is 1. The molecule has 0 unspecified atom stereocenters. The van der Waals surface area contributed by atoms with Crippen LogP contribution in [0, 0.1) is 0 Å². The molecule has 0 amide bonds. The third kappa shape index (κ3) is 2.84. The van der Waals surface area contributed by atoms with Crippen molar-refractivity contribution < 1.29 is 0 Å². The number of fused-ring (bicyclic) bond motifs is 3. The Morgan fingerprint density at radius 3 is 1.57 bits per heavy atom. The lowest BCUT2D eigenvalue weighted by atomic mass is 9.97. The van der Waals surface area contributed by atoms with Crippen molar-refractivity contribution in [1.82, 2.24) is 0 Å². The maximum atomic E-state index is 6.32. The smallest absolute Gasteiger partial charge is 0.0452 e. The van der Waals surface area contributed by atoms with Gasteiger partial charge in [0.2, 0.25) is 0 Å². The number of anilines is 2. The van der Waals surface area contributed by atoms with Gasteiger partial charge >= 0.3 is 0 Å². The molecule has 4 aromatic carbocycles. The summed E-state index contributed by atoms with van der Waals surface area (Å²) in [5.74, 6) is 0. The molecule has 0 atom stereocenters. The van der Waals surface area contributed by atoms with E-state index in [2.05, 4.69) is 89.8 Å². The first-order valence-electron chi connectivity index (χ1n) is 9.66. The van der Waals surface area contributed by atoms with Crippen LogP contribution in [0.5, 0.6) is 0 Å². The second kappa shape index (κ2) is 6.90. The van der Waals surface area contributed by atoms with Crippen molar-refractivity contribution in [2.24, 2.45) is 0 Å². The Morgan fingerprint density at radius 2 is 0.964 bits per heavy atom. The molecule has 2 nitrogen and oxygen atoms in total. The van der Waals surface area contributed by atoms with Crippen LogP contribution in [0.1, 0.15) is 11.1 Å². The van der Waals surface area contributed by atoms with Gasteiger partial charge in [-0.3, -0.25) is 0 Å². The first-order valence-corrected chi connectivity index (χ1v) is 9.66. The zero-order valence-corrected chi connectivity index (χ0v) is 15.7. The van der Waals surface area contributed by atoms with E-state index in [4.69, 9.17) is 5.73 Å². The predicted octanol–water partition coefficient (Wildman–Crippen LogP) is 6.12. The van der Waals surface area contributed by atoms with E-state index in [-0.39, 0.29) is 0 Å². The van der Waals surface area contributed by atoms with Gasteiger partial charge in [-0.25, -0.2) is 0 Å². The first-order chi connectivity index (χ1) is 13.8. The maximum absolute atomic E-state index is 6.32. The summed E-state index contributed by atoms with van der Waals surface area (Å²) in [7, 11) is 0. The van der Waals surface area contributed by atoms with Gasteiger partial charge in [-0.1, -0.05) is 84.9 Å². The van der Waals surface area contributed by atoms with Crippen LogP contribution < -0.4 is 10.6 Å². The van der Waals surface area contributed by atoms with Crippen molar-refractivity contribution in [1.29, 1.82) is 0 Å². The van der Waals surface area contributed by atoms with Gasteiger partial charge in [0.1, 0.15) is 0 Å². The summed E-state index contributed by atoms with van der Waals surface area (Å²) in [6.07, 6.45) is 0. The third-order valence-corrected chi connectivity index (χ3v) is 5.54. The van der Waals surface area contributed by atoms with Crippen LogP contribution in [0.3, 0.4) is 0 Å². The van der Waals surface area contributed by atoms with Crippen LogP contribution in [0.2, 0.25) is 0 Å². The molecule has 28 heavy (non-hydrogen) atoms. The monoisotopic (exact) mass is 362 g/mol. The Bertz CT molecular complexity index is 1100.